The topological polar surface area (TPSA) is 46.3 Å². The smallest absolute Gasteiger partial charge is 0.222 e. The summed E-state index contributed by atoms with van der Waals surface area (Å²) in [6, 6.07) is 8.18. The molecule has 0 aromatic heterocycles. The van der Waals surface area contributed by atoms with Crippen LogP contribution in [0.4, 0.5) is 0 Å². The second-order valence-electron chi connectivity index (χ2n) is 5.74. The van der Waals surface area contributed by atoms with Crippen LogP contribution in [0, 0.1) is 5.41 Å². The molecule has 4 heteroatoms. The highest BCUT2D eigenvalue weighted by Crippen LogP contribution is 2.19. The number of benzene rings is 1. The Morgan fingerprint density at radius 2 is 2.11 bits per heavy atom. The summed E-state index contributed by atoms with van der Waals surface area (Å²) in [5.74, 6) is 0.158. The molecule has 1 rings (SSSR count). The molecular weight excluding hydrogens is 304 g/mol. The number of halogens is 1. The first kappa shape index (κ1) is 16.2. The van der Waals surface area contributed by atoms with Crippen molar-refractivity contribution in [1.82, 2.24) is 4.90 Å². The average molecular weight is 327 g/mol. The Morgan fingerprint density at radius 3 is 2.68 bits per heavy atom. The van der Waals surface area contributed by atoms with Crippen LogP contribution in [0.15, 0.2) is 28.7 Å². The molecular formula is C15H23BrN2O. The van der Waals surface area contributed by atoms with Crippen LogP contribution in [0.3, 0.4) is 0 Å². The lowest BCUT2D eigenvalue weighted by atomic mass is 9.89. The van der Waals surface area contributed by atoms with Gasteiger partial charge in [0.15, 0.2) is 0 Å². The van der Waals surface area contributed by atoms with Crippen LogP contribution in [0.25, 0.3) is 0 Å². The summed E-state index contributed by atoms with van der Waals surface area (Å²) >= 11 is 3.45. The van der Waals surface area contributed by atoms with E-state index in [2.05, 4.69) is 28.1 Å². The van der Waals surface area contributed by atoms with Crippen molar-refractivity contribution in [3.05, 3.63) is 34.3 Å². The maximum atomic E-state index is 12.1. The fraction of sp³-hybridized carbons (Fsp3) is 0.533. The predicted octanol–water partition coefficient (Wildman–Crippen LogP) is 2.83. The fourth-order valence-corrected chi connectivity index (χ4v) is 2.18. The van der Waals surface area contributed by atoms with E-state index in [1.54, 1.807) is 4.90 Å². The van der Waals surface area contributed by atoms with Crippen molar-refractivity contribution in [1.29, 1.82) is 0 Å². The fourth-order valence-electron chi connectivity index (χ4n) is 1.73. The van der Waals surface area contributed by atoms with E-state index in [1.807, 2.05) is 33.0 Å². The summed E-state index contributed by atoms with van der Waals surface area (Å²) < 4.78 is 1.07. The Morgan fingerprint density at radius 1 is 1.42 bits per heavy atom. The molecule has 0 heterocycles. The molecule has 1 aromatic rings. The molecule has 106 valence electrons. The first-order chi connectivity index (χ1) is 8.84. The molecule has 0 unspecified atom stereocenters. The zero-order valence-electron chi connectivity index (χ0n) is 11.9. The zero-order valence-corrected chi connectivity index (χ0v) is 13.5. The van der Waals surface area contributed by atoms with Gasteiger partial charge in [-0.3, -0.25) is 4.79 Å². The molecule has 1 aromatic carbocycles. The molecule has 0 spiro atoms. The van der Waals surface area contributed by atoms with Crippen molar-refractivity contribution < 1.29 is 4.79 Å². The minimum Gasteiger partial charge on any atom is -0.345 e. The average Bonchev–Trinajstić information content (AvgIpc) is 2.35. The summed E-state index contributed by atoms with van der Waals surface area (Å²) in [4.78, 5) is 13.9. The Balaban J connectivity index is 2.47. The third-order valence-corrected chi connectivity index (χ3v) is 3.73. The van der Waals surface area contributed by atoms with Gasteiger partial charge in [-0.1, -0.05) is 41.9 Å². The lowest BCUT2D eigenvalue weighted by Crippen LogP contribution is -2.35. The lowest BCUT2D eigenvalue weighted by Gasteiger charge is -2.25. The Kier molecular flexibility index (Phi) is 6.01. The number of hydrogen-bond acceptors (Lipinski definition) is 2. The molecule has 0 saturated carbocycles. The van der Waals surface area contributed by atoms with Crippen molar-refractivity contribution in [3.8, 4) is 0 Å². The quantitative estimate of drug-likeness (QED) is 0.873. The number of hydrogen-bond donors (Lipinski definition) is 1. The highest BCUT2D eigenvalue weighted by molar-refractivity contribution is 9.10. The second-order valence-corrected chi connectivity index (χ2v) is 6.66. The van der Waals surface area contributed by atoms with Crippen LogP contribution in [0.5, 0.6) is 0 Å². The first-order valence-electron chi connectivity index (χ1n) is 6.52. The van der Waals surface area contributed by atoms with Crippen molar-refractivity contribution in [3.63, 3.8) is 0 Å². The van der Waals surface area contributed by atoms with Gasteiger partial charge in [0.2, 0.25) is 5.91 Å². The Bertz CT molecular complexity index is 432. The highest BCUT2D eigenvalue weighted by Gasteiger charge is 2.22. The van der Waals surface area contributed by atoms with Crippen LogP contribution in [0.2, 0.25) is 0 Å². The molecule has 0 radical (unpaired) electrons. The van der Waals surface area contributed by atoms with Gasteiger partial charge in [0, 0.05) is 24.5 Å². The van der Waals surface area contributed by atoms with Crippen LogP contribution in [-0.2, 0) is 11.2 Å². The molecule has 0 atom stereocenters. The molecule has 0 bridgehead atoms. The van der Waals surface area contributed by atoms with Gasteiger partial charge in [0.25, 0.3) is 0 Å². The van der Waals surface area contributed by atoms with Crippen LogP contribution in [0.1, 0.15) is 25.8 Å². The van der Waals surface area contributed by atoms with Crippen molar-refractivity contribution in [2.24, 2.45) is 11.1 Å². The minimum absolute atomic E-state index is 0.124. The molecule has 19 heavy (non-hydrogen) atoms. The zero-order chi connectivity index (χ0) is 14.5. The van der Waals surface area contributed by atoms with Gasteiger partial charge in [0.1, 0.15) is 0 Å². The van der Waals surface area contributed by atoms with E-state index in [4.69, 9.17) is 5.73 Å². The number of carbonyl (C=O) groups excluding carboxylic acids is 1. The third-order valence-electron chi connectivity index (χ3n) is 3.23. The second kappa shape index (κ2) is 7.06. The number of nitrogens with zero attached hydrogens (tertiary/aromatic N) is 1. The van der Waals surface area contributed by atoms with Gasteiger partial charge in [-0.2, -0.15) is 0 Å². The summed E-state index contributed by atoms with van der Waals surface area (Å²) in [5, 5.41) is 0. The largest absolute Gasteiger partial charge is 0.345 e. The summed E-state index contributed by atoms with van der Waals surface area (Å²) in [5.41, 5.74) is 6.77. The van der Waals surface area contributed by atoms with Crippen molar-refractivity contribution in [2.45, 2.75) is 26.7 Å². The third kappa shape index (κ3) is 5.74. The highest BCUT2D eigenvalue weighted by atomic mass is 79.9. The molecule has 0 saturated heterocycles. The lowest BCUT2D eigenvalue weighted by molar-refractivity contribution is -0.131. The number of likely N-dealkylation sites (N-methyl/N-ethyl adjacent to an activating group) is 1. The van der Waals surface area contributed by atoms with E-state index in [9.17, 15) is 4.79 Å². The molecule has 0 aliphatic rings. The standard InChI is InChI=1S/C15H23BrN2O/c1-15(2,11-17)10-14(19)18(3)8-7-12-5-4-6-13(16)9-12/h4-6,9H,7-8,10-11,17H2,1-3H3. The maximum absolute atomic E-state index is 12.1. The van der Waals surface area contributed by atoms with Gasteiger partial charge >= 0.3 is 0 Å². The van der Waals surface area contributed by atoms with E-state index in [0.717, 1.165) is 17.4 Å². The van der Waals surface area contributed by atoms with Gasteiger partial charge in [0.05, 0.1) is 0 Å². The summed E-state index contributed by atoms with van der Waals surface area (Å²) in [7, 11) is 1.85. The van der Waals surface area contributed by atoms with Crippen molar-refractivity contribution in [2.75, 3.05) is 20.1 Å². The predicted molar refractivity (Wildman–Crippen MR) is 82.9 cm³/mol. The van der Waals surface area contributed by atoms with Gasteiger partial charge in [-0.05, 0) is 36.1 Å². The van der Waals surface area contributed by atoms with E-state index >= 15 is 0 Å². The SMILES string of the molecule is CN(CCc1cccc(Br)c1)C(=O)CC(C)(C)CN. The molecule has 2 N–H and O–H groups in total. The van der Waals surface area contributed by atoms with Crippen LogP contribution >= 0.6 is 15.9 Å². The number of carbonyl (C=O) groups is 1. The van der Waals surface area contributed by atoms with E-state index in [-0.39, 0.29) is 11.3 Å². The Labute approximate surface area is 124 Å². The monoisotopic (exact) mass is 326 g/mol. The normalized spacial score (nSPS) is 11.4. The molecule has 0 fully saturated rings. The van der Waals surface area contributed by atoms with Gasteiger partial charge < -0.3 is 10.6 Å². The molecule has 0 aliphatic carbocycles. The summed E-state index contributed by atoms with van der Waals surface area (Å²) in [6.07, 6.45) is 1.36. The van der Waals surface area contributed by atoms with E-state index < -0.39 is 0 Å². The van der Waals surface area contributed by atoms with Gasteiger partial charge in [-0.25, -0.2) is 0 Å². The van der Waals surface area contributed by atoms with Crippen LogP contribution in [-0.4, -0.2) is 30.9 Å². The molecule has 1 amide bonds. The van der Waals surface area contributed by atoms with Gasteiger partial charge in [-0.15, -0.1) is 0 Å². The number of rotatable bonds is 6. The number of amides is 1. The number of nitrogens with two attached hydrogens (primary N) is 1. The minimum atomic E-state index is -0.124. The Hall–Kier alpha value is -0.870. The van der Waals surface area contributed by atoms with E-state index in [0.29, 0.717) is 13.0 Å². The molecule has 3 nitrogen and oxygen atoms in total. The molecule has 0 aliphatic heterocycles. The maximum Gasteiger partial charge on any atom is 0.222 e. The van der Waals surface area contributed by atoms with E-state index in [1.165, 1.54) is 5.56 Å². The first-order valence-corrected chi connectivity index (χ1v) is 7.32. The summed E-state index contributed by atoms with van der Waals surface area (Å²) in [6.45, 7) is 5.30. The van der Waals surface area contributed by atoms with Crippen molar-refractivity contribution >= 4 is 21.8 Å². The van der Waals surface area contributed by atoms with Crippen LogP contribution < -0.4 is 5.73 Å².